The lowest BCUT2D eigenvalue weighted by molar-refractivity contribution is 0.0207. The van der Waals surface area contributed by atoms with Crippen LogP contribution in [0, 0.1) is 0 Å². The van der Waals surface area contributed by atoms with Crippen molar-refractivity contribution in [3.63, 3.8) is 0 Å². The standard InChI is InChI=1S/C18H26N2O2/c1-14(12-15-8-6-5-7-9-15)16-13-20(11-10-19-16)17(21)22-18(2,3)4/h5-9,12,16,19H,10-11,13H2,1-4H3/b14-12-. The maximum atomic E-state index is 12.2. The smallest absolute Gasteiger partial charge is 0.410 e. The summed E-state index contributed by atoms with van der Waals surface area (Å²) in [4.78, 5) is 14.0. The van der Waals surface area contributed by atoms with Crippen molar-refractivity contribution in [1.29, 1.82) is 0 Å². The lowest BCUT2D eigenvalue weighted by Gasteiger charge is -2.35. The minimum absolute atomic E-state index is 0.168. The second-order valence-electron chi connectivity index (χ2n) is 6.73. The SMILES string of the molecule is C/C(=C/c1ccccc1)C1CN(C(=O)OC(C)(C)C)CCN1. The molecule has 0 bridgehead atoms. The van der Waals surface area contributed by atoms with E-state index in [1.165, 1.54) is 11.1 Å². The fraction of sp³-hybridized carbons (Fsp3) is 0.500. The van der Waals surface area contributed by atoms with Gasteiger partial charge in [0.15, 0.2) is 0 Å². The summed E-state index contributed by atoms with van der Waals surface area (Å²) >= 11 is 0. The average molecular weight is 302 g/mol. The van der Waals surface area contributed by atoms with Gasteiger partial charge in [-0.2, -0.15) is 0 Å². The Bertz CT molecular complexity index is 532. The molecule has 1 saturated heterocycles. The van der Waals surface area contributed by atoms with Crippen molar-refractivity contribution in [3.8, 4) is 0 Å². The van der Waals surface area contributed by atoms with E-state index in [4.69, 9.17) is 4.74 Å². The minimum Gasteiger partial charge on any atom is -0.444 e. The number of nitrogens with zero attached hydrogens (tertiary/aromatic N) is 1. The van der Waals surface area contributed by atoms with Gasteiger partial charge in [-0.25, -0.2) is 4.79 Å². The second-order valence-corrected chi connectivity index (χ2v) is 6.73. The van der Waals surface area contributed by atoms with Crippen LogP contribution in [0.3, 0.4) is 0 Å². The Morgan fingerprint density at radius 3 is 2.64 bits per heavy atom. The molecule has 0 aliphatic carbocycles. The van der Waals surface area contributed by atoms with Crippen LogP contribution in [0.25, 0.3) is 6.08 Å². The first kappa shape index (κ1) is 16.6. The number of benzene rings is 1. The fourth-order valence-electron chi connectivity index (χ4n) is 2.46. The molecule has 1 amide bonds. The maximum Gasteiger partial charge on any atom is 0.410 e. The van der Waals surface area contributed by atoms with E-state index in [0.717, 1.165) is 6.54 Å². The Hall–Kier alpha value is -1.81. The number of piperazine rings is 1. The first-order valence-electron chi connectivity index (χ1n) is 7.80. The first-order chi connectivity index (χ1) is 10.3. The summed E-state index contributed by atoms with van der Waals surface area (Å²) in [5, 5.41) is 3.47. The van der Waals surface area contributed by atoms with Crippen molar-refractivity contribution < 1.29 is 9.53 Å². The number of carbonyl (C=O) groups excluding carboxylic acids is 1. The maximum absolute atomic E-state index is 12.2. The topological polar surface area (TPSA) is 41.6 Å². The van der Waals surface area contributed by atoms with Crippen molar-refractivity contribution in [2.24, 2.45) is 0 Å². The highest BCUT2D eigenvalue weighted by Crippen LogP contribution is 2.15. The van der Waals surface area contributed by atoms with Crippen molar-refractivity contribution >= 4 is 12.2 Å². The van der Waals surface area contributed by atoms with Gasteiger partial charge in [-0.15, -0.1) is 0 Å². The summed E-state index contributed by atoms with van der Waals surface area (Å²) in [5.41, 5.74) is 1.95. The van der Waals surface area contributed by atoms with Crippen LogP contribution in [0.15, 0.2) is 35.9 Å². The van der Waals surface area contributed by atoms with Gasteiger partial charge in [-0.1, -0.05) is 42.0 Å². The van der Waals surface area contributed by atoms with E-state index < -0.39 is 5.60 Å². The van der Waals surface area contributed by atoms with E-state index in [9.17, 15) is 4.79 Å². The van der Waals surface area contributed by atoms with E-state index in [1.807, 2.05) is 39.0 Å². The van der Waals surface area contributed by atoms with E-state index in [0.29, 0.717) is 13.1 Å². The van der Waals surface area contributed by atoms with Gasteiger partial charge in [0.25, 0.3) is 0 Å². The molecule has 0 aromatic heterocycles. The Morgan fingerprint density at radius 2 is 2.00 bits per heavy atom. The molecule has 4 heteroatoms. The van der Waals surface area contributed by atoms with Crippen LogP contribution >= 0.6 is 0 Å². The number of ether oxygens (including phenoxy) is 1. The van der Waals surface area contributed by atoms with Crippen LogP contribution in [-0.4, -0.2) is 42.3 Å². The zero-order chi connectivity index (χ0) is 16.2. The van der Waals surface area contributed by atoms with E-state index in [2.05, 4.69) is 30.4 Å². The van der Waals surface area contributed by atoms with Gasteiger partial charge >= 0.3 is 6.09 Å². The Balaban J connectivity index is 2.01. The Morgan fingerprint density at radius 1 is 1.32 bits per heavy atom. The molecule has 120 valence electrons. The number of amides is 1. The molecule has 1 fully saturated rings. The molecule has 1 atom stereocenters. The number of hydrogen-bond acceptors (Lipinski definition) is 3. The molecular formula is C18H26N2O2. The molecule has 1 aliphatic heterocycles. The number of rotatable bonds is 2. The molecule has 1 heterocycles. The second kappa shape index (κ2) is 6.97. The third kappa shape index (κ3) is 4.88. The quantitative estimate of drug-likeness (QED) is 0.911. The van der Waals surface area contributed by atoms with Gasteiger partial charge in [-0.05, 0) is 33.3 Å². The van der Waals surface area contributed by atoms with Crippen LogP contribution in [0.4, 0.5) is 4.79 Å². The molecule has 22 heavy (non-hydrogen) atoms. The molecule has 0 spiro atoms. The monoisotopic (exact) mass is 302 g/mol. The number of hydrogen-bond donors (Lipinski definition) is 1. The van der Waals surface area contributed by atoms with Gasteiger partial charge < -0.3 is 15.0 Å². The molecule has 4 nitrogen and oxygen atoms in total. The van der Waals surface area contributed by atoms with Crippen molar-refractivity contribution in [2.45, 2.75) is 39.3 Å². The lowest BCUT2D eigenvalue weighted by Crippen LogP contribution is -2.53. The molecule has 1 unspecified atom stereocenters. The minimum atomic E-state index is -0.452. The van der Waals surface area contributed by atoms with Gasteiger partial charge in [0.1, 0.15) is 5.60 Å². The number of carbonyl (C=O) groups is 1. The molecular weight excluding hydrogens is 276 g/mol. The average Bonchev–Trinajstić information content (AvgIpc) is 2.46. The fourth-order valence-corrected chi connectivity index (χ4v) is 2.46. The van der Waals surface area contributed by atoms with Gasteiger partial charge in [0, 0.05) is 25.7 Å². The summed E-state index contributed by atoms with van der Waals surface area (Å²) in [6, 6.07) is 10.4. The van der Waals surface area contributed by atoms with Crippen molar-refractivity contribution in [2.75, 3.05) is 19.6 Å². The Kier molecular flexibility index (Phi) is 5.24. The normalized spacial score (nSPS) is 19.9. The van der Waals surface area contributed by atoms with Gasteiger partial charge in [-0.3, -0.25) is 0 Å². The highest BCUT2D eigenvalue weighted by molar-refractivity contribution is 5.68. The molecule has 1 aromatic rings. The predicted octanol–water partition coefficient (Wildman–Crippen LogP) is 3.30. The molecule has 1 N–H and O–H groups in total. The lowest BCUT2D eigenvalue weighted by atomic mass is 10.0. The number of nitrogens with one attached hydrogen (secondary N) is 1. The molecule has 0 radical (unpaired) electrons. The largest absolute Gasteiger partial charge is 0.444 e. The van der Waals surface area contributed by atoms with Crippen molar-refractivity contribution in [3.05, 3.63) is 41.5 Å². The van der Waals surface area contributed by atoms with E-state index in [1.54, 1.807) is 4.90 Å². The third-order valence-corrected chi connectivity index (χ3v) is 3.57. The first-order valence-corrected chi connectivity index (χ1v) is 7.80. The van der Waals surface area contributed by atoms with E-state index >= 15 is 0 Å². The highest BCUT2D eigenvalue weighted by Gasteiger charge is 2.27. The summed E-state index contributed by atoms with van der Waals surface area (Å²) in [6.45, 7) is 9.89. The zero-order valence-corrected chi connectivity index (χ0v) is 13.9. The van der Waals surface area contributed by atoms with Gasteiger partial charge in [0.05, 0.1) is 0 Å². The summed E-state index contributed by atoms with van der Waals surface area (Å²) in [7, 11) is 0. The van der Waals surface area contributed by atoms with Crippen LogP contribution < -0.4 is 5.32 Å². The Labute approximate surface area is 133 Å². The highest BCUT2D eigenvalue weighted by atomic mass is 16.6. The zero-order valence-electron chi connectivity index (χ0n) is 13.9. The van der Waals surface area contributed by atoms with Crippen LogP contribution in [0.1, 0.15) is 33.3 Å². The third-order valence-electron chi connectivity index (χ3n) is 3.57. The molecule has 0 saturated carbocycles. The van der Waals surface area contributed by atoms with Gasteiger partial charge in [0.2, 0.25) is 0 Å². The van der Waals surface area contributed by atoms with Crippen LogP contribution in [0.5, 0.6) is 0 Å². The van der Waals surface area contributed by atoms with Crippen LogP contribution in [-0.2, 0) is 4.74 Å². The summed E-state index contributed by atoms with van der Waals surface area (Å²) in [5.74, 6) is 0. The molecule has 1 aromatic carbocycles. The molecule has 2 rings (SSSR count). The van der Waals surface area contributed by atoms with E-state index in [-0.39, 0.29) is 12.1 Å². The summed E-state index contributed by atoms with van der Waals surface area (Å²) in [6.07, 6.45) is 1.93. The summed E-state index contributed by atoms with van der Waals surface area (Å²) < 4.78 is 5.46. The molecule has 1 aliphatic rings. The van der Waals surface area contributed by atoms with Crippen molar-refractivity contribution in [1.82, 2.24) is 10.2 Å². The van der Waals surface area contributed by atoms with Crippen LogP contribution in [0.2, 0.25) is 0 Å². The predicted molar refractivity (Wildman–Crippen MR) is 89.7 cm³/mol.